The van der Waals surface area contributed by atoms with Crippen molar-refractivity contribution in [3.8, 4) is 0 Å². The third-order valence-electron chi connectivity index (χ3n) is 4.90. The molecule has 140 valence electrons. The topological polar surface area (TPSA) is 91.9 Å². The molecule has 0 bridgehead atoms. The summed E-state index contributed by atoms with van der Waals surface area (Å²) in [6, 6.07) is 8.40. The van der Waals surface area contributed by atoms with E-state index in [1.807, 2.05) is 6.07 Å². The third-order valence-corrected chi connectivity index (χ3v) is 7.07. The summed E-state index contributed by atoms with van der Waals surface area (Å²) >= 11 is 0. The van der Waals surface area contributed by atoms with E-state index in [1.165, 1.54) is 25.7 Å². The van der Waals surface area contributed by atoms with Gasteiger partial charge in [0.2, 0.25) is 5.91 Å². The first-order valence-electron chi connectivity index (χ1n) is 9.04. The zero-order valence-electron chi connectivity index (χ0n) is 15.2. The van der Waals surface area contributed by atoms with Crippen molar-refractivity contribution in [1.82, 2.24) is 10.2 Å². The van der Waals surface area contributed by atoms with Crippen LogP contribution in [-0.2, 0) is 21.1 Å². The number of H-pyrrole nitrogens is 1. The first-order valence-corrected chi connectivity index (χ1v) is 10.6. The van der Waals surface area contributed by atoms with E-state index in [0.29, 0.717) is 11.7 Å². The minimum absolute atomic E-state index is 0.172. The van der Waals surface area contributed by atoms with Crippen molar-refractivity contribution in [2.45, 2.75) is 62.0 Å². The fourth-order valence-corrected chi connectivity index (χ4v) is 4.35. The van der Waals surface area contributed by atoms with Gasteiger partial charge in [0.1, 0.15) is 0 Å². The SMILES string of the molecule is CC(C)S(=O)(=O)c1ccc(CC(=O)Nc2cc(C3CCCC3)[nH]n2)cc1. The Hall–Kier alpha value is -2.15. The number of benzene rings is 1. The van der Waals surface area contributed by atoms with Crippen LogP contribution in [0.4, 0.5) is 5.82 Å². The molecule has 1 aromatic heterocycles. The molecule has 3 rings (SSSR count). The molecule has 2 N–H and O–H groups in total. The van der Waals surface area contributed by atoms with E-state index in [1.54, 1.807) is 38.1 Å². The Labute approximate surface area is 154 Å². The van der Waals surface area contributed by atoms with Crippen LogP contribution in [0.15, 0.2) is 35.2 Å². The van der Waals surface area contributed by atoms with Gasteiger partial charge in [-0.2, -0.15) is 5.10 Å². The molecule has 7 heteroatoms. The number of nitrogens with zero attached hydrogens (tertiary/aromatic N) is 1. The second kappa shape index (κ2) is 7.61. The number of rotatable bonds is 6. The maximum Gasteiger partial charge on any atom is 0.229 e. The van der Waals surface area contributed by atoms with Gasteiger partial charge in [-0.1, -0.05) is 25.0 Å². The smallest absolute Gasteiger partial charge is 0.229 e. The molecule has 1 aromatic carbocycles. The molecule has 1 fully saturated rings. The first kappa shape index (κ1) is 18.6. The van der Waals surface area contributed by atoms with E-state index in [-0.39, 0.29) is 17.2 Å². The molecule has 6 nitrogen and oxygen atoms in total. The molecule has 0 saturated heterocycles. The highest BCUT2D eigenvalue weighted by Crippen LogP contribution is 2.33. The molecule has 0 aliphatic heterocycles. The van der Waals surface area contributed by atoms with Gasteiger partial charge in [-0.05, 0) is 44.4 Å². The van der Waals surface area contributed by atoms with Crippen LogP contribution in [0.5, 0.6) is 0 Å². The van der Waals surface area contributed by atoms with Crippen molar-refractivity contribution in [3.63, 3.8) is 0 Å². The van der Waals surface area contributed by atoms with Gasteiger partial charge in [0.05, 0.1) is 16.6 Å². The molecular formula is C19H25N3O3S. The number of carbonyl (C=O) groups excluding carboxylic acids is 1. The number of aromatic amines is 1. The molecule has 0 unspecified atom stereocenters. The number of anilines is 1. The standard InChI is InChI=1S/C19H25N3O3S/c1-13(2)26(24,25)16-9-7-14(8-10-16)11-19(23)20-18-12-17(21-22-18)15-5-3-4-6-15/h7-10,12-13,15H,3-6,11H2,1-2H3,(H2,20,21,22,23). The lowest BCUT2D eigenvalue weighted by Gasteiger charge is -2.08. The van der Waals surface area contributed by atoms with Gasteiger partial charge < -0.3 is 5.32 Å². The van der Waals surface area contributed by atoms with Crippen molar-refractivity contribution >= 4 is 21.6 Å². The highest BCUT2D eigenvalue weighted by atomic mass is 32.2. The van der Waals surface area contributed by atoms with Crippen molar-refractivity contribution in [2.24, 2.45) is 0 Å². The second-order valence-electron chi connectivity index (χ2n) is 7.15. The predicted octanol–water partition coefficient (Wildman–Crippen LogP) is 3.43. The quantitative estimate of drug-likeness (QED) is 0.809. The number of amides is 1. The largest absolute Gasteiger partial charge is 0.309 e. The molecule has 0 atom stereocenters. The van der Waals surface area contributed by atoms with Gasteiger partial charge in [-0.25, -0.2) is 8.42 Å². The van der Waals surface area contributed by atoms with Crippen LogP contribution in [-0.4, -0.2) is 29.8 Å². The summed E-state index contributed by atoms with van der Waals surface area (Å²) in [6.45, 7) is 3.31. The van der Waals surface area contributed by atoms with Gasteiger partial charge in [0.25, 0.3) is 0 Å². The zero-order valence-corrected chi connectivity index (χ0v) is 16.0. The van der Waals surface area contributed by atoms with E-state index in [2.05, 4.69) is 15.5 Å². The minimum atomic E-state index is -3.29. The van der Waals surface area contributed by atoms with Crippen LogP contribution < -0.4 is 5.32 Å². The van der Waals surface area contributed by atoms with Crippen LogP contribution >= 0.6 is 0 Å². The Balaban J connectivity index is 1.60. The van der Waals surface area contributed by atoms with Gasteiger partial charge in [0, 0.05) is 17.7 Å². The molecular weight excluding hydrogens is 350 g/mol. The number of sulfone groups is 1. The van der Waals surface area contributed by atoms with E-state index in [9.17, 15) is 13.2 Å². The van der Waals surface area contributed by atoms with Crippen LogP contribution in [0.3, 0.4) is 0 Å². The van der Waals surface area contributed by atoms with E-state index >= 15 is 0 Å². The molecule has 1 saturated carbocycles. The molecule has 0 spiro atoms. The molecule has 2 aromatic rings. The number of hydrogen-bond acceptors (Lipinski definition) is 4. The summed E-state index contributed by atoms with van der Waals surface area (Å²) in [4.78, 5) is 12.5. The predicted molar refractivity (Wildman–Crippen MR) is 101 cm³/mol. The van der Waals surface area contributed by atoms with Gasteiger partial charge in [-0.3, -0.25) is 9.89 Å². The van der Waals surface area contributed by atoms with Gasteiger partial charge in [-0.15, -0.1) is 0 Å². The Kier molecular flexibility index (Phi) is 5.46. The molecule has 0 radical (unpaired) electrons. The number of nitrogens with one attached hydrogen (secondary N) is 2. The highest BCUT2D eigenvalue weighted by Gasteiger charge is 2.20. The fourth-order valence-electron chi connectivity index (χ4n) is 3.29. The Morgan fingerprint density at radius 2 is 1.88 bits per heavy atom. The fraction of sp³-hybridized carbons (Fsp3) is 0.474. The monoisotopic (exact) mass is 375 g/mol. The zero-order chi connectivity index (χ0) is 18.7. The second-order valence-corrected chi connectivity index (χ2v) is 9.66. The van der Waals surface area contributed by atoms with Crippen molar-refractivity contribution < 1.29 is 13.2 Å². The Morgan fingerprint density at radius 3 is 2.50 bits per heavy atom. The summed E-state index contributed by atoms with van der Waals surface area (Å²) in [5.74, 6) is 0.883. The normalized spacial score (nSPS) is 15.5. The van der Waals surface area contributed by atoms with Gasteiger partial charge >= 0.3 is 0 Å². The summed E-state index contributed by atoms with van der Waals surface area (Å²) in [5.41, 5.74) is 1.85. The molecule has 1 heterocycles. The molecule has 1 aliphatic rings. The number of hydrogen-bond donors (Lipinski definition) is 2. The Morgan fingerprint density at radius 1 is 1.23 bits per heavy atom. The van der Waals surface area contributed by atoms with E-state index in [4.69, 9.17) is 0 Å². The lowest BCUT2D eigenvalue weighted by molar-refractivity contribution is -0.115. The lowest BCUT2D eigenvalue weighted by atomic mass is 10.0. The lowest BCUT2D eigenvalue weighted by Crippen LogP contribution is -2.16. The van der Waals surface area contributed by atoms with Crippen molar-refractivity contribution in [3.05, 3.63) is 41.6 Å². The summed E-state index contributed by atoms with van der Waals surface area (Å²) in [7, 11) is -3.29. The molecule has 26 heavy (non-hydrogen) atoms. The molecule has 1 amide bonds. The van der Waals surface area contributed by atoms with Crippen LogP contribution in [0.1, 0.15) is 56.7 Å². The van der Waals surface area contributed by atoms with Gasteiger partial charge in [0.15, 0.2) is 15.7 Å². The van der Waals surface area contributed by atoms with Crippen molar-refractivity contribution in [1.29, 1.82) is 0 Å². The molecule has 1 aliphatic carbocycles. The average molecular weight is 375 g/mol. The third kappa shape index (κ3) is 4.15. The van der Waals surface area contributed by atoms with Crippen LogP contribution in [0.2, 0.25) is 0 Å². The van der Waals surface area contributed by atoms with Crippen LogP contribution in [0, 0.1) is 0 Å². The Bertz CT molecular complexity index is 864. The maximum absolute atomic E-state index is 12.2. The summed E-state index contributed by atoms with van der Waals surface area (Å²) in [5, 5.41) is 9.52. The van der Waals surface area contributed by atoms with E-state index in [0.717, 1.165) is 11.3 Å². The van der Waals surface area contributed by atoms with E-state index < -0.39 is 15.1 Å². The summed E-state index contributed by atoms with van der Waals surface area (Å²) in [6.07, 6.45) is 5.00. The van der Waals surface area contributed by atoms with Crippen LogP contribution in [0.25, 0.3) is 0 Å². The maximum atomic E-state index is 12.2. The minimum Gasteiger partial charge on any atom is -0.309 e. The van der Waals surface area contributed by atoms with Crippen molar-refractivity contribution in [2.75, 3.05) is 5.32 Å². The summed E-state index contributed by atoms with van der Waals surface area (Å²) < 4.78 is 24.3. The number of carbonyl (C=O) groups is 1. The first-order chi connectivity index (χ1) is 12.4. The highest BCUT2D eigenvalue weighted by molar-refractivity contribution is 7.92. The average Bonchev–Trinajstić information content (AvgIpc) is 3.26. The number of aromatic nitrogens is 2.